The molecule has 1 atom stereocenters. The number of amides is 1. The fraction of sp³-hybridized carbons (Fsp3) is 0.444. The van der Waals surface area contributed by atoms with Gasteiger partial charge in [-0.2, -0.15) is 0 Å². The van der Waals surface area contributed by atoms with Gasteiger partial charge in [-0.25, -0.2) is 0 Å². The molecule has 0 aliphatic rings. The number of nitrogens with one attached hydrogen (secondary N) is 1. The number of aryl methyl sites for hydroxylation is 1. The zero-order valence-corrected chi connectivity index (χ0v) is 14.8. The molecule has 1 aromatic heterocycles. The summed E-state index contributed by atoms with van der Waals surface area (Å²) in [4.78, 5) is 23.1. The minimum atomic E-state index is -0.959. The van der Waals surface area contributed by atoms with E-state index in [1.807, 2.05) is 12.1 Å². The number of carboxylic acids is 1. The summed E-state index contributed by atoms with van der Waals surface area (Å²) in [5, 5.41) is 15.2. The maximum absolute atomic E-state index is 12.2. The summed E-state index contributed by atoms with van der Waals surface area (Å²) in [5.74, 6) is -1.10. The zero-order valence-electron chi connectivity index (χ0n) is 14.0. The van der Waals surface area contributed by atoms with Gasteiger partial charge in [0.1, 0.15) is 0 Å². The number of fused-ring (bicyclic) bond motifs is 1. The second-order valence-corrected chi connectivity index (χ2v) is 7.13. The molecule has 1 heterocycles. The Morgan fingerprint density at radius 2 is 2.08 bits per heavy atom. The lowest BCUT2D eigenvalue weighted by molar-refractivity contribution is -0.139. The number of methoxy groups -OCH3 is 1. The predicted octanol–water partition coefficient (Wildman–Crippen LogP) is 3.22. The van der Waals surface area contributed by atoms with Crippen molar-refractivity contribution in [3.05, 3.63) is 35.2 Å². The van der Waals surface area contributed by atoms with Crippen LogP contribution in [0.1, 0.15) is 31.7 Å². The summed E-state index contributed by atoms with van der Waals surface area (Å²) < 4.78 is 6.30. The lowest BCUT2D eigenvalue weighted by Crippen LogP contribution is -2.50. The third-order valence-electron chi connectivity index (χ3n) is 3.86. The number of thiophene rings is 1. The quantitative estimate of drug-likeness (QED) is 0.729. The van der Waals surface area contributed by atoms with Crippen LogP contribution >= 0.6 is 11.3 Å². The molecule has 24 heavy (non-hydrogen) atoms. The van der Waals surface area contributed by atoms with E-state index in [0.29, 0.717) is 6.42 Å². The average Bonchev–Trinajstić information content (AvgIpc) is 2.90. The van der Waals surface area contributed by atoms with E-state index in [0.717, 1.165) is 12.8 Å². The van der Waals surface area contributed by atoms with E-state index >= 15 is 0 Å². The number of rotatable bonds is 9. The molecular formula is C18H23NO4S. The van der Waals surface area contributed by atoms with E-state index in [2.05, 4.69) is 22.8 Å². The number of aliphatic carboxylic acids is 1. The van der Waals surface area contributed by atoms with Crippen molar-refractivity contribution in [3.63, 3.8) is 0 Å². The number of carbonyl (C=O) groups is 2. The Bertz CT molecular complexity index is 712. The molecule has 0 spiro atoms. The third kappa shape index (κ3) is 5.04. The molecule has 6 heteroatoms. The van der Waals surface area contributed by atoms with Crippen LogP contribution in [0.2, 0.25) is 0 Å². The monoisotopic (exact) mass is 349 g/mol. The van der Waals surface area contributed by atoms with E-state index < -0.39 is 11.5 Å². The fourth-order valence-corrected chi connectivity index (χ4v) is 3.85. The normalized spacial score (nSPS) is 13.6. The topological polar surface area (TPSA) is 75.6 Å². The third-order valence-corrected chi connectivity index (χ3v) is 4.87. The first-order valence-electron chi connectivity index (χ1n) is 7.90. The molecule has 0 fully saturated rings. The molecule has 130 valence electrons. The van der Waals surface area contributed by atoms with E-state index in [1.54, 1.807) is 18.3 Å². The summed E-state index contributed by atoms with van der Waals surface area (Å²) in [6.07, 6.45) is 1.75. The number of hydrogen-bond donors (Lipinski definition) is 2. The fourth-order valence-electron chi connectivity index (χ4n) is 2.85. The predicted molar refractivity (Wildman–Crippen MR) is 95.4 cm³/mol. The summed E-state index contributed by atoms with van der Waals surface area (Å²) >= 11 is 1.71. The summed E-state index contributed by atoms with van der Waals surface area (Å²) in [6, 6.07) is 8.24. The van der Waals surface area contributed by atoms with Gasteiger partial charge in [0.25, 0.3) is 0 Å². The van der Waals surface area contributed by atoms with Crippen molar-refractivity contribution in [3.8, 4) is 0 Å². The first-order chi connectivity index (χ1) is 11.4. The van der Waals surface area contributed by atoms with Gasteiger partial charge in [0, 0.05) is 18.2 Å². The Hall–Kier alpha value is -1.92. The largest absolute Gasteiger partial charge is 0.481 e. The standard InChI is InChI=1S/C18H23NO4S/c1-18(12-23-2,10-17(21)22)19-16(20)9-5-6-13-11-24-15-8-4-3-7-14(13)15/h3-4,7-8,11H,5-6,9-10,12H2,1-2H3,(H,19,20)(H,21,22). The number of ether oxygens (including phenoxy) is 1. The van der Waals surface area contributed by atoms with E-state index in [-0.39, 0.29) is 18.9 Å². The molecule has 0 radical (unpaired) electrons. The summed E-state index contributed by atoms with van der Waals surface area (Å²) in [7, 11) is 1.49. The van der Waals surface area contributed by atoms with Crippen LogP contribution in [0.15, 0.2) is 29.6 Å². The minimum absolute atomic E-state index is 0.143. The van der Waals surface area contributed by atoms with Gasteiger partial charge in [-0.1, -0.05) is 18.2 Å². The van der Waals surface area contributed by atoms with Crippen molar-refractivity contribution in [2.75, 3.05) is 13.7 Å². The molecule has 2 rings (SSSR count). The van der Waals surface area contributed by atoms with Crippen LogP contribution in [0.5, 0.6) is 0 Å². The lowest BCUT2D eigenvalue weighted by Gasteiger charge is -2.28. The first kappa shape index (κ1) is 18.4. The van der Waals surface area contributed by atoms with Crippen molar-refractivity contribution in [2.24, 2.45) is 0 Å². The molecule has 0 saturated heterocycles. The van der Waals surface area contributed by atoms with Gasteiger partial charge in [0.2, 0.25) is 5.91 Å². The molecule has 2 aromatic rings. The molecule has 1 aromatic carbocycles. The molecule has 1 unspecified atom stereocenters. The Labute approximate surface area is 145 Å². The number of benzene rings is 1. The van der Waals surface area contributed by atoms with Crippen molar-refractivity contribution in [1.29, 1.82) is 0 Å². The van der Waals surface area contributed by atoms with E-state index in [1.165, 1.54) is 22.8 Å². The van der Waals surface area contributed by atoms with Crippen LogP contribution in [-0.2, 0) is 20.7 Å². The SMILES string of the molecule is COCC(C)(CC(=O)O)NC(=O)CCCc1csc2ccccc12. The van der Waals surface area contributed by atoms with Crippen LogP contribution < -0.4 is 5.32 Å². The molecule has 0 bridgehead atoms. The van der Waals surface area contributed by atoms with Crippen molar-refractivity contribution in [2.45, 2.75) is 38.1 Å². The zero-order chi connectivity index (χ0) is 17.6. The van der Waals surface area contributed by atoms with Crippen LogP contribution in [0.25, 0.3) is 10.1 Å². The van der Waals surface area contributed by atoms with Crippen molar-refractivity contribution in [1.82, 2.24) is 5.32 Å². The number of hydrogen-bond acceptors (Lipinski definition) is 4. The highest BCUT2D eigenvalue weighted by molar-refractivity contribution is 7.17. The van der Waals surface area contributed by atoms with Crippen LogP contribution in [-0.4, -0.2) is 36.2 Å². The number of carboxylic acid groups (broad SMARTS) is 1. The molecule has 0 aliphatic carbocycles. The Kier molecular flexibility index (Phi) is 6.34. The van der Waals surface area contributed by atoms with Crippen molar-refractivity contribution < 1.29 is 19.4 Å². The second kappa shape index (κ2) is 8.26. The molecule has 1 amide bonds. The molecule has 2 N–H and O–H groups in total. The number of carbonyl (C=O) groups excluding carboxylic acids is 1. The summed E-state index contributed by atoms with van der Waals surface area (Å²) in [6.45, 7) is 1.86. The van der Waals surface area contributed by atoms with Crippen LogP contribution in [0.3, 0.4) is 0 Å². The van der Waals surface area contributed by atoms with Gasteiger partial charge in [-0.3, -0.25) is 9.59 Å². The smallest absolute Gasteiger partial charge is 0.305 e. The van der Waals surface area contributed by atoms with Gasteiger partial charge in [-0.05, 0) is 42.2 Å². The molecule has 5 nitrogen and oxygen atoms in total. The van der Waals surface area contributed by atoms with Gasteiger partial charge >= 0.3 is 5.97 Å². The van der Waals surface area contributed by atoms with Crippen molar-refractivity contribution >= 4 is 33.3 Å². The molecule has 0 saturated carbocycles. The van der Waals surface area contributed by atoms with Gasteiger partial charge in [-0.15, -0.1) is 11.3 Å². The maximum atomic E-state index is 12.2. The highest BCUT2D eigenvalue weighted by Crippen LogP contribution is 2.26. The highest BCUT2D eigenvalue weighted by Gasteiger charge is 2.29. The van der Waals surface area contributed by atoms with Gasteiger partial charge in [0.15, 0.2) is 0 Å². The van der Waals surface area contributed by atoms with Gasteiger partial charge in [0.05, 0.1) is 18.6 Å². The van der Waals surface area contributed by atoms with Crippen LogP contribution in [0.4, 0.5) is 0 Å². The van der Waals surface area contributed by atoms with E-state index in [9.17, 15) is 9.59 Å². The minimum Gasteiger partial charge on any atom is -0.481 e. The van der Waals surface area contributed by atoms with Gasteiger partial charge < -0.3 is 15.2 Å². The Morgan fingerprint density at radius 1 is 1.33 bits per heavy atom. The molecule has 0 aliphatic heterocycles. The second-order valence-electron chi connectivity index (χ2n) is 6.22. The summed E-state index contributed by atoms with van der Waals surface area (Å²) in [5.41, 5.74) is 0.376. The highest BCUT2D eigenvalue weighted by atomic mass is 32.1. The van der Waals surface area contributed by atoms with Crippen LogP contribution in [0, 0.1) is 0 Å². The Morgan fingerprint density at radius 3 is 2.79 bits per heavy atom. The van der Waals surface area contributed by atoms with E-state index in [4.69, 9.17) is 9.84 Å². The first-order valence-corrected chi connectivity index (χ1v) is 8.78. The molecular weight excluding hydrogens is 326 g/mol. The maximum Gasteiger partial charge on any atom is 0.305 e. The lowest BCUT2D eigenvalue weighted by atomic mass is 9.98. The average molecular weight is 349 g/mol. The Balaban J connectivity index is 1.87.